The van der Waals surface area contributed by atoms with Crippen LogP contribution in [0.5, 0.6) is 0 Å². The number of aliphatic hydroxyl groups is 1. The number of aliphatic hydroxyl groups excluding tert-OH is 1. The van der Waals surface area contributed by atoms with Gasteiger partial charge in [0.25, 0.3) is 0 Å². The van der Waals surface area contributed by atoms with Crippen molar-refractivity contribution in [3.05, 3.63) is 52.9 Å². The van der Waals surface area contributed by atoms with Crippen molar-refractivity contribution in [3.63, 3.8) is 0 Å². The zero-order chi connectivity index (χ0) is 12.5. The van der Waals surface area contributed by atoms with Crippen molar-refractivity contribution < 1.29 is 5.11 Å². The van der Waals surface area contributed by atoms with Crippen molar-refractivity contribution in [2.45, 2.75) is 6.17 Å². The Balaban J connectivity index is 2.01. The number of hydrogen-bond donors (Lipinski definition) is 2. The van der Waals surface area contributed by atoms with E-state index in [1.165, 1.54) is 0 Å². The summed E-state index contributed by atoms with van der Waals surface area (Å²) >= 11 is 5.88. The lowest BCUT2D eigenvalue weighted by atomic mass is 10.1. The molecule has 2 N–H and O–H groups in total. The predicted octanol–water partition coefficient (Wildman–Crippen LogP) is 1.79. The summed E-state index contributed by atoms with van der Waals surface area (Å²) in [6.07, 6.45) is 5.34. The molecule has 1 unspecified atom stereocenters. The molecule has 2 aliphatic heterocycles. The second-order valence-electron chi connectivity index (χ2n) is 4.08. The number of nitrogens with one attached hydrogen (secondary N) is 1. The predicted molar refractivity (Wildman–Crippen MR) is 71.9 cm³/mol. The lowest BCUT2D eigenvalue weighted by molar-refractivity contribution is 0.285. The Morgan fingerprint density at radius 2 is 2.11 bits per heavy atom. The minimum absolute atomic E-state index is 0.0252. The Labute approximate surface area is 110 Å². The zero-order valence-corrected chi connectivity index (χ0v) is 10.3. The molecule has 0 fully saturated rings. The van der Waals surface area contributed by atoms with E-state index in [2.05, 4.69) is 10.3 Å². The van der Waals surface area contributed by atoms with Crippen LogP contribution in [0.4, 0.5) is 0 Å². The van der Waals surface area contributed by atoms with E-state index >= 15 is 0 Å². The molecule has 4 nitrogen and oxygen atoms in total. The van der Waals surface area contributed by atoms with Gasteiger partial charge in [0, 0.05) is 23.6 Å². The molecule has 1 aromatic carbocycles. The highest BCUT2D eigenvalue weighted by Gasteiger charge is 2.29. The smallest absolute Gasteiger partial charge is 0.140 e. The molecule has 0 spiro atoms. The molecule has 18 heavy (non-hydrogen) atoms. The van der Waals surface area contributed by atoms with Crippen LogP contribution in [0.1, 0.15) is 5.56 Å². The molecule has 0 amide bonds. The first-order chi connectivity index (χ1) is 8.79. The third-order valence-corrected chi connectivity index (χ3v) is 3.27. The molecule has 0 bridgehead atoms. The van der Waals surface area contributed by atoms with Crippen LogP contribution in [-0.2, 0) is 0 Å². The maximum Gasteiger partial charge on any atom is 0.140 e. The quantitative estimate of drug-likeness (QED) is 0.853. The van der Waals surface area contributed by atoms with Crippen molar-refractivity contribution in [3.8, 4) is 0 Å². The number of halogens is 1. The number of fused-ring (bicyclic) bond motifs is 1. The van der Waals surface area contributed by atoms with Crippen molar-refractivity contribution in [2.24, 2.45) is 4.99 Å². The summed E-state index contributed by atoms with van der Waals surface area (Å²) in [6, 6.07) is 7.53. The summed E-state index contributed by atoms with van der Waals surface area (Å²) < 4.78 is 0. The van der Waals surface area contributed by atoms with Gasteiger partial charge in [0.15, 0.2) is 0 Å². The standard InChI is InChI=1S/C13H12ClN3O/c14-10-3-1-9(2-4-10)13-11(8-18)17-6-5-15-7-12(17)16-13/h1-7,12,16,18H,8H2. The average molecular weight is 262 g/mol. The van der Waals surface area contributed by atoms with E-state index < -0.39 is 0 Å². The molecule has 0 aliphatic carbocycles. The maximum absolute atomic E-state index is 9.55. The van der Waals surface area contributed by atoms with Crippen LogP contribution in [0.25, 0.3) is 5.70 Å². The summed E-state index contributed by atoms with van der Waals surface area (Å²) in [5, 5.41) is 13.6. The van der Waals surface area contributed by atoms with Crippen LogP contribution in [0.2, 0.25) is 5.02 Å². The molecule has 0 aromatic heterocycles. The van der Waals surface area contributed by atoms with Crippen LogP contribution >= 0.6 is 11.6 Å². The highest BCUT2D eigenvalue weighted by molar-refractivity contribution is 6.30. The van der Waals surface area contributed by atoms with Gasteiger partial charge in [-0.25, -0.2) is 0 Å². The number of aliphatic imine (C=N–C) groups is 1. The lowest BCUT2D eigenvalue weighted by Gasteiger charge is -2.23. The maximum atomic E-state index is 9.55. The van der Waals surface area contributed by atoms with E-state index in [0.717, 1.165) is 17.0 Å². The molecule has 2 heterocycles. The van der Waals surface area contributed by atoms with Crippen molar-refractivity contribution in [1.29, 1.82) is 0 Å². The topological polar surface area (TPSA) is 47.9 Å². The molecule has 0 saturated carbocycles. The highest BCUT2D eigenvalue weighted by Crippen LogP contribution is 2.28. The summed E-state index contributed by atoms with van der Waals surface area (Å²) in [5.41, 5.74) is 2.75. The number of benzene rings is 1. The third-order valence-electron chi connectivity index (χ3n) is 3.02. The number of rotatable bonds is 2. The first kappa shape index (κ1) is 11.3. The Bertz CT molecular complexity index is 548. The van der Waals surface area contributed by atoms with Gasteiger partial charge in [-0.3, -0.25) is 4.99 Å². The van der Waals surface area contributed by atoms with E-state index in [1.54, 1.807) is 12.4 Å². The molecule has 2 aliphatic rings. The number of nitrogens with zero attached hydrogens (tertiary/aromatic N) is 2. The highest BCUT2D eigenvalue weighted by atomic mass is 35.5. The van der Waals surface area contributed by atoms with E-state index in [-0.39, 0.29) is 12.8 Å². The van der Waals surface area contributed by atoms with E-state index in [0.29, 0.717) is 5.02 Å². The van der Waals surface area contributed by atoms with Gasteiger partial charge in [0.1, 0.15) is 6.17 Å². The fourth-order valence-electron chi connectivity index (χ4n) is 2.16. The van der Waals surface area contributed by atoms with Crippen molar-refractivity contribution in [1.82, 2.24) is 10.2 Å². The van der Waals surface area contributed by atoms with Gasteiger partial charge in [-0.05, 0) is 17.7 Å². The molecule has 1 atom stereocenters. The minimum atomic E-state index is -0.0281. The molecule has 5 heteroatoms. The van der Waals surface area contributed by atoms with Crippen LogP contribution in [0.15, 0.2) is 47.4 Å². The third kappa shape index (κ3) is 1.79. The van der Waals surface area contributed by atoms with Crippen LogP contribution in [0, 0.1) is 0 Å². The fourth-order valence-corrected chi connectivity index (χ4v) is 2.28. The normalized spacial score (nSPS) is 21.2. The summed E-state index contributed by atoms with van der Waals surface area (Å²) in [7, 11) is 0. The second kappa shape index (κ2) is 4.48. The second-order valence-corrected chi connectivity index (χ2v) is 4.52. The first-order valence-corrected chi connectivity index (χ1v) is 6.02. The summed E-state index contributed by atoms with van der Waals surface area (Å²) in [6.45, 7) is -0.0281. The van der Waals surface area contributed by atoms with Crippen LogP contribution in [0.3, 0.4) is 0 Å². The van der Waals surface area contributed by atoms with Gasteiger partial charge in [-0.1, -0.05) is 23.7 Å². The number of hydrogen-bond acceptors (Lipinski definition) is 4. The van der Waals surface area contributed by atoms with Gasteiger partial charge in [0.05, 0.1) is 18.0 Å². The van der Waals surface area contributed by atoms with Gasteiger partial charge < -0.3 is 15.3 Å². The largest absolute Gasteiger partial charge is 0.390 e. The van der Waals surface area contributed by atoms with Crippen LogP contribution in [-0.4, -0.2) is 29.0 Å². The Morgan fingerprint density at radius 1 is 1.33 bits per heavy atom. The van der Waals surface area contributed by atoms with E-state index in [9.17, 15) is 5.11 Å². The molecule has 0 radical (unpaired) electrons. The fraction of sp³-hybridized carbons (Fsp3) is 0.154. The summed E-state index contributed by atoms with van der Waals surface area (Å²) in [4.78, 5) is 6.06. The monoisotopic (exact) mass is 261 g/mol. The van der Waals surface area contributed by atoms with Gasteiger partial charge >= 0.3 is 0 Å². The van der Waals surface area contributed by atoms with Crippen molar-refractivity contribution in [2.75, 3.05) is 6.61 Å². The van der Waals surface area contributed by atoms with E-state index in [4.69, 9.17) is 11.6 Å². The van der Waals surface area contributed by atoms with E-state index in [1.807, 2.05) is 35.4 Å². The Hall–Kier alpha value is -1.78. The Morgan fingerprint density at radius 3 is 2.83 bits per heavy atom. The van der Waals surface area contributed by atoms with Crippen LogP contribution < -0.4 is 5.32 Å². The first-order valence-electron chi connectivity index (χ1n) is 5.64. The molecule has 1 aromatic rings. The van der Waals surface area contributed by atoms with Gasteiger partial charge in [0.2, 0.25) is 0 Å². The summed E-state index contributed by atoms with van der Waals surface area (Å²) in [5.74, 6) is 0. The average Bonchev–Trinajstić information content (AvgIpc) is 2.78. The zero-order valence-electron chi connectivity index (χ0n) is 9.55. The van der Waals surface area contributed by atoms with Gasteiger partial charge in [-0.15, -0.1) is 0 Å². The van der Waals surface area contributed by atoms with Gasteiger partial charge in [-0.2, -0.15) is 0 Å². The SMILES string of the molecule is OCC1=C(c2ccc(Cl)cc2)NC2C=NC=CN12. The Kier molecular flexibility index (Phi) is 2.81. The molecular formula is C13H12ClN3O. The molecular weight excluding hydrogens is 250 g/mol. The minimum Gasteiger partial charge on any atom is -0.390 e. The molecule has 3 rings (SSSR count). The molecule has 92 valence electrons. The van der Waals surface area contributed by atoms with Crippen molar-refractivity contribution >= 4 is 23.5 Å². The lowest BCUT2D eigenvalue weighted by Crippen LogP contribution is -2.37. The molecule has 0 saturated heterocycles.